The molecule has 0 bridgehead atoms. The summed E-state index contributed by atoms with van der Waals surface area (Å²) in [7, 11) is -9.44. The van der Waals surface area contributed by atoms with E-state index in [1.165, 1.54) is 0 Å². The topological polar surface area (TPSA) is 157 Å². The molecule has 0 saturated heterocycles. The Labute approximate surface area is 109 Å². The first-order valence-electron chi connectivity index (χ1n) is 3.19. The zero-order chi connectivity index (χ0) is 11.4. The average molecular weight is 272 g/mol. The molecule has 0 aromatic rings. The zero-order valence-corrected chi connectivity index (χ0v) is 11.5. The summed E-state index contributed by atoms with van der Waals surface area (Å²) in [6.45, 7) is -0.794. The molecular weight excluding hydrogens is 263 g/mol. The van der Waals surface area contributed by atoms with Gasteiger partial charge >= 0.3 is 38.6 Å². The van der Waals surface area contributed by atoms with Crippen LogP contribution in [-0.4, -0.2) is 60.0 Å². The van der Waals surface area contributed by atoms with E-state index in [-0.39, 0.29) is 29.6 Å². The molecule has 0 radical (unpaired) electrons. The molecule has 0 heterocycles. The van der Waals surface area contributed by atoms with Gasteiger partial charge in [0.15, 0.2) is 0 Å². The van der Waals surface area contributed by atoms with Crippen molar-refractivity contribution >= 4 is 19.2 Å². The molecule has 1 atom stereocenters. The van der Waals surface area contributed by atoms with Gasteiger partial charge in [0, 0.05) is 0 Å². The Hall–Kier alpha value is 0.887. The molecule has 0 aromatic carbocycles. The molecule has 0 aliphatic carbocycles. The van der Waals surface area contributed by atoms with Crippen molar-refractivity contribution in [1.82, 2.24) is 0 Å². The van der Waals surface area contributed by atoms with E-state index in [1.807, 2.05) is 0 Å². The van der Waals surface area contributed by atoms with Crippen LogP contribution < -0.4 is 29.6 Å². The molecule has 0 spiro atoms. The van der Waals surface area contributed by atoms with E-state index in [4.69, 9.17) is 19.5 Å². The Morgan fingerprint density at radius 1 is 1.33 bits per heavy atom. The van der Waals surface area contributed by atoms with E-state index in [2.05, 4.69) is 9.46 Å². The molecule has 0 rings (SSSR count). The third-order valence-electron chi connectivity index (χ3n) is 0.828. The van der Waals surface area contributed by atoms with Gasteiger partial charge in [0.1, 0.15) is 6.61 Å². The molecule has 4 N–H and O–H groups in total. The number of aliphatic hydroxyl groups is 1. The van der Waals surface area contributed by atoms with Crippen molar-refractivity contribution in [3.8, 4) is 0 Å². The maximum atomic E-state index is 10.1. The Kier molecular flexibility index (Phi) is 8.84. The SMILES string of the molecule is O=S(=O)([O-])CC(O)COO[Si](O)(O)O.[Na+]. The summed E-state index contributed by atoms with van der Waals surface area (Å²) in [4.78, 5) is 28.5. The Bertz CT molecular complexity index is 259. The second-order valence-corrected chi connectivity index (χ2v) is 5.08. The monoisotopic (exact) mass is 272 g/mol. The van der Waals surface area contributed by atoms with E-state index in [0.717, 1.165) is 0 Å². The maximum Gasteiger partial charge on any atom is 1.00 e. The van der Waals surface area contributed by atoms with Crippen LogP contribution in [0.2, 0.25) is 0 Å². The fraction of sp³-hybridized carbons (Fsp3) is 1.00. The van der Waals surface area contributed by atoms with Crippen LogP contribution in [0.3, 0.4) is 0 Å². The third-order valence-corrected chi connectivity index (χ3v) is 1.96. The van der Waals surface area contributed by atoms with Crippen LogP contribution in [0.15, 0.2) is 0 Å². The smallest absolute Gasteiger partial charge is 0.748 e. The predicted octanol–water partition coefficient (Wildman–Crippen LogP) is -6.74. The molecule has 0 aliphatic heterocycles. The van der Waals surface area contributed by atoms with Crippen LogP contribution in [0.1, 0.15) is 0 Å². The number of hydrogen-bond donors (Lipinski definition) is 4. The van der Waals surface area contributed by atoms with Crippen LogP contribution >= 0.6 is 0 Å². The molecule has 0 amide bonds. The number of hydrogen-bond acceptors (Lipinski definition) is 9. The van der Waals surface area contributed by atoms with Crippen molar-refractivity contribution in [2.75, 3.05) is 12.4 Å². The normalized spacial score (nSPS) is 14.5. The fourth-order valence-corrected chi connectivity index (χ4v) is 1.27. The maximum absolute atomic E-state index is 10.1. The van der Waals surface area contributed by atoms with Crippen LogP contribution in [-0.2, 0) is 19.6 Å². The van der Waals surface area contributed by atoms with Gasteiger partial charge in [-0.1, -0.05) is 0 Å². The molecular formula is C3H9NaO9SSi. The predicted molar refractivity (Wildman–Crippen MR) is 40.0 cm³/mol. The van der Waals surface area contributed by atoms with Gasteiger partial charge in [-0.3, -0.25) is 0 Å². The van der Waals surface area contributed by atoms with Crippen LogP contribution in [0, 0.1) is 0 Å². The minimum Gasteiger partial charge on any atom is -0.748 e. The second-order valence-electron chi connectivity index (χ2n) is 2.32. The summed E-state index contributed by atoms with van der Waals surface area (Å²) in [5.74, 6) is -1.10. The van der Waals surface area contributed by atoms with Gasteiger partial charge in [-0.15, -0.1) is 0 Å². The van der Waals surface area contributed by atoms with E-state index in [1.54, 1.807) is 0 Å². The minimum absolute atomic E-state index is 0. The Balaban J connectivity index is 0. The van der Waals surface area contributed by atoms with Crippen LogP contribution in [0.4, 0.5) is 0 Å². The number of aliphatic hydroxyl groups excluding tert-OH is 1. The molecule has 1 unspecified atom stereocenters. The van der Waals surface area contributed by atoms with Gasteiger partial charge < -0.3 is 24.0 Å². The van der Waals surface area contributed by atoms with Gasteiger partial charge in [0.25, 0.3) is 0 Å². The van der Waals surface area contributed by atoms with Crippen LogP contribution in [0.5, 0.6) is 0 Å². The first kappa shape index (κ1) is 18.3. The Morgan fingerprint density at radius 2 is 1.80 bits per heavy atom. The van der Waals surface area contributed by atoms with Gasteiger partial charge in [-0.25, -0.2) is 13.3 Å². The standard InChI is InChI=1S/C3H10O9SSi.Na/c4-3(2-13(5,6)7)1-11-12-14(8,9)10;/h3-4,8-10H,1-2H2,(H,5,6,7);/q;+1/p-1. The molecule has 86 valence electrons. The molecule has 9 nitrogen and oxygen atoms in total. The number of rotatable bonds is 6. The summed E-state index contributed by atoms with van der Waals surface area (Å²) >= 11 is 0. The Morgan fingerprint density at radius 3 is 2.13 bits per heavy atom. The average Bonchev–Trinajstić information content (AvgIpc) is 1.78. The van der Waals surface area contributed by atoms with E-state index >= 15 is 0 Å². The zero-order valence-electron chi connectivity index (χ0n) is 7.73. The molecule has 0 saturated carbocycles. The molecule has 0 fully saturated rings. The van der Waals surface area contributed by atoms with Crippen molar-refractivity contribution < 1.29 is 71.5 Å². The fourth-order valence-electron chi connectivity index (χ4n) is 0.475. The van der Waals surface area contributed by atoms with Crippen molar-refractivity contribution in [1.29, 1.82) is 0 Å². The first-order chi connectivity index (χ1) is 6.10. The van der Waals surface area contributed by atoms with Gasteiger partial charge in [-0.2, -0.15) is 4.58 Å². The van der Waals surface area contributed by atoms with E-state index < -0.39 is 37.6 Å². The first-order valence-corrected chi connectivity index (χ1v) is 6.52. The second kappa shape index (κ2) is 7.26. The summed E-state index contributed by atoms with van der Waals surface area (Å²) in [6, 6.07) is 0. The third kappa shape index (κ3) is 14.9. The van der Waals surface area contributed by atoms with E-state index in [9.17, 15) is 13.0 Å². The minimum atomic E-state index is -4.84. The van der Waals surface area contributed by atoms with Crippen molar-refractivity contribution in [2.24, 2.45) is 0 Å². The van der Waals surface area contributed by atoms with Crippen LogP contribution in [0.25, 0.3) is 0 Å². The van der Waals surface area contributed by atoms with E-state index in [0.29, 0.717) is 0 Å². The molecule has 0 aromatic heterocycles. The largest absolute Gasteiger partial charge is 1.00 e. The van der Waals surface area contributed by atoms with Gasteiger partial charge in [0.05, 0.1) is 22.0 Å². The summed E-state index contributed by atoms with van der Waals surface area (Å²) < 4.78 is 33.7. The van der Waals surface area contributed by atoms with Crippen molar-refractivity contribution in [3.63, 3.8) is 0 Å². The van der Waals surface area contributed by atoms with Crippen molar-refractivity contribution in [2.45, 2.75) is 6.10 Å². The molecule has 12 heteroatoms. The summed E-state index contributed by atoms with van der Waals surface area (Å²) in [5.41, 5.74) is 0. The summed E-state index contributed by atoms with van der Waals surface area (Å²) in [5, 5.41) is 8.77. The van der Waals surface area contributed by atoms with Crippen molar-refractivity contribution in [3.05, 3.63) is 0 Å². The van der Waals surface area contributed by atoms with Gasteiger partial charge in [0.2, 0.25) is 0 Å². The molecule has 0 aliphatic rings. The van der Waals surface area contributed by atoms with Gasteiger partial charge in [-0.05, 0) is 0 Å². The molecule has 15 heavy (non-hydrogen) atoms. The summed E-state index contributed by atoms with van der Waals surface area (Å²) in [6.07, 6.45) is -1.67. The quantitative estimate of drug-likeness (QED) is 0.160.